The summed E-state index contributed by atoms with van der Waals surface area (Å²) in [5, 5.41) is 14.4. The lowest BCUT2D eigenvalue weighted by atomic mass is 10.1. The number of benzene rings is 2. The minimum Gasteiger partial charge on any atom is -0.545 e. The molecule has 2 aromatic carbocycles. The summed E-state index contributed by atoms with van der Waals surface area (Å²) in [6.45, 7) is 5.31. The zero-order valence-electron chi connectivity index (χ0n) is 13.6. The van der Waals surface area contributed by atoms with Crippen molar-refractivity contribution in [3.63, 3.8) is 0 Å². The van der Waals surface area contributed by atoms with Crippen LogP contribution in [0.3, 0.4) is 0 Å². The first-order chi connectivity index (χ1) is 11.5. The number of carboxylic acids is 1. The fraction of sp³-hybridized carbons (Fsp3) is 0.278. The number of hydrogen-bond acceptors (Lipinski definition) is 5. The highest BCUT2D eigenvalue weighted by Gasteiger charge is 2.12. The molecule has 0 radical (unpaired) electrons. The highest BCUT2D eigenvalue weighted by Crippen LogP contribution is 2.36. The fourth-order valence-corrected chi connectivity index (χ4v) is 2.49. The highest BCUT2D eigenvalue weighted by molar-refractivity contribution is 6.32. The third kappa shape index (κ3) is 4.55. The maximum Gasteiger partial charge on any atom is 0.179 e. The van der Waals surface area contributed by atoms with Crippen molar-refractivity contribution in [2.24, 2.45) is 0 Å². The Kier molecular flexibility index (Phi) is 6.32. The molecule has 0 fully saturated rings. The largest absolute Gasteiger partial charge is 0.545 e. The standard InChI is InChI=1S/C18H20ClNO4/c1-3-23-16-10-12(9-15(19)17(16)24-4-2)11-20-14-7-5-13(6-8-14)18(21)22/h5-10,20H,3-4,11H2,1-2H3,(H,21,22)/p-1. The van der Waals surface area contributed by atoms with E-state index in [0.717, 1.165) is 11.3 Å². The molecule has 6 heteroatoms. The molecule has 0 saturated carbocycles. The second-order valence-electron chi connectivity index (χ2n) is 4.99. The molecule has 128 valence electrons. The van der Waals surface area contributed by atoms with E-state index in [0.29, 0.717) is 36.3 Å². The van der Waals surface area contributed by atoms with Gasteiger partial charge in [0.25, 0.3) is 0 Å². The normalized spacial score (nSPS) is 10.3. The van der Waals surface area contributed by atoms with Gasteiger partial charge < -0.3 is 24.7 Å². The molecule has 0 spiro atoms. The smallest absolute Gasteiger partial charge is 0.179 e. The molecule has 0 saturated heterocycles. The number of hydrogen-bond donors (Lipinski definition) is 1. The van der Waals surface area contributed by atoms with Crippen LogP contribution in [0.4, 0.5) is 5.69 Å². The van der Waals surface area contributed by atoms with Crippen LogP contribution in [0.1, 0.15) is 29.8 Å². The van der Waals surface area contributed by atoms with E-state index < -0.39 is 5.97 Å². The van der Waals surface area contributed by atoms with Crippen molar-refractivity contribution in [3.8, 4) is 11.5 Å². The van der Waals surface area contributed by atoms with Gasteiger partial charge in [-0.1, -0.05) is 23.7 Å². The van der Waals surface area contributed by atoms with Crippen LogP contribution in [0.2, 0.25) is 5.02 Å². The summed E-state index contributed by atoms with van der Waals surface area (Å²) in [6, 6.07) is 10.1. The minimum absolute atomic E-state index is 0.142. The van der Waals surface area contributed by atoms with Gasteiger partial charge in [0.15, 0.2) is 11.5 Å². The Morgan fingerprint density at radius 2 is 1.79 bits per heavy atom. The Bertz CT molecular complexity index is 701. The summed E-state index contributed by atoms with van der Waals surface area (Å²) in [6.07, 6.45) is 0. The molecule has 0 atom stereocenters. The quantitative estimate of drug-likeness (QED) is 0.793. The molecular weight excluding hydrogens is 330 g/mol. The molecule has 0 aliphatic rings. The Labute approximate surface area is 146 Å². The maximum absolute atomic E-state index is 10.7. The van der Waals surface area contributed by atoms with Crippen molar-refractivity contribution in [2.45, 2.75) is 20.4 Å². The van der Waals surface area contributed by atoms with Crippen molar-refractivity contribution in [1.82, 2.24) is 0 Å². The number of carboxylic acid groups (broad SMARTS) is 1. The molecule has 0 heterocycles. The van der Waals surface area contributed by atoms with Crippen molar-refractivity contribution >= 4 is 23.3 Å². The van der Waals surface area contributed by atoms with Gasteiger partial charge in [-0.25, -0.2) is 0 Å². The molecule has 5 nitrogen and oxygen atoms in total. The molecule has 0 amide bonds. The topological polar surface area (TPSA) is 70.6 Å². The first-order valence-electron chi connectivity index (χ1n) is 7.68. The molecule has 0 aliphatic carbocycles. The Hall–Kier alpha value is -2.40. The lowest BCUT2D eigenvalue weighted by Crippen LogP contribution is -2.21. The van der Waals surface area contributed by atoms with Crippen LogP contribution < -0.4 is 19.9 Å². The van der Waals surface area contributed by atoms with Crippen LogP contribution >= 0.6 is 11.6 Å². The van der Waals surface area contributed by atoms with Crippen LogP contribution in [0.15, 0.2) is 36.4 Å². The zero-order chi connectivity index (χ0) is 17.5. The third-order valence-electron chi connectivity index (χ3n) is 3.28. The SMILES string of the molecule is CCOc1cc(CNc2ccc(C(=O)[O-])cc2)cc(Cl)c1OCC. The first kappa shape index (κ1) is 17.9. The maximum atomic E-state index is 10.7. The molecule has 2 aromatic rings. The molecule has 0 unspecified atom stereocenters. The first-order valence-corrected chi connectivity index (χ1v) is 8.06. The third-order valence-corrected chi connectivity index (χ3v) is 3.56. The highest BCUT2D eigenvalue weighted by atomic mass is 35.5. The second kappa shape index (κ2) is 8.45. The van der Waals surface area contributed by atoms with Crippen molar-refractivity contribution in [3.05, 3.63) is 52.5 Å². The van der Waals surface area contributed by atoms with Crippen LogP contribution in [-0.4, -0.2) is 19.2 Å². The molecule has 1 N–H and O–H groups in total. The van der Waals surface area contributed by atoms with Gasteiger partial charge in [-0.05, 0) is 49.2 Å². The number of carbonyl (C=O) groups excluding carboxylic acids is 1. The number of carbonyl (C=O) groups is 1. The minimum atomic E-state index is -1.19. The van der Waals surface area contributed by atoms with Gasteiger partial charge in [0.1, 0.15) is 0 Å². The summed E-state index contributed by atoms with van der Waals surface area (Å²) in [5.74, 6) is -0.0415. The van der Waals surface area contributed by atoms with Gasteiger partial charge in [-0.15, -0.1) is 0 Å². The molecule has 24 heavy (non-hydrogen) atoms. The van der Waals surface area contributed by atoms with Gasteiger partial charge in [0.05, 0.1) is 24.2 Å². The predicted molar refractivity (Wildman–Crippen MR) is 91.9 cm³/mol. The van der Waals surface area contributed by atoms with Crippen molar-refractivity contribution < 1.29 is 19.4 Å². The van der Waals surface area contributed by atoms with E-state index in [1.165, 1.54) is 12.1 Å². The van der Waals surface area contributed by atoms with Crippen LogP contribution in [0.5, 0.6) is 11.5 Å². The van der Waals surface area contributed by atoms with Crippen molar-refractivity contribution in [2.75, 3.05) is 18.5 Å². The Balaban J connectivity index is 2.12. The zero-order valence-corrected chi connectivity index (χ0v) is 14.4. The lowest BCUT2D eigenvalue weighted by Gasteiger charge is -2.15. The van der Waals surface area contributed by atoms with E-state index in [1.807, 2.05) is 26.0 Å². The number of halogens is 1. The summed E-state index contributed by atoms with van der Waals surface area (Å²) >= 11 is 6.28. The molecule has 2 rings (SSSR count). The molecule has 0 aliphatic heterocycles. The lowest BCUT2D eigenvalue weighted by molar-refractivity contribution is -0.255. The van der Waals surface area contributed by atoms with E-state index in [2.05, 4.69) is 5.32 Å². The van der Waals surface area contributed by atoms with Gasteiger partial charge in [-0.3, -0.25) is 0 Å². The van der Waals surface area contributed by atoms with Crippen LogP contribution in [0.25, 0.3) is 0 Å². The molecule has 0 bridgehead atoms. The molecule has 0 aromatic heterocycles. The van der Waals surface area contributed by atoms with Gasteiger partial charge >= 0.3 is 0 Å². The summed E-state index contributed by atoms with van der Waals surface area (Å²) in [4.78, 5) is 10.7. The Morgan fingerprint density at radius 3 is 2.38 bits per heavy atom. The number of aromatic carboxylic acids is 1. The predicted octanol–water partition coefficient (Wildman–Crippen LogP) is 3.11. The van der Waals surface area contributed by atoms with Crippen molar-refractivity contribution in [1.29, 1.82) is 0 Å². The van der Waals surface area contributed by atoms with E-state index in [9.17, 15) is 9.90 Å². The number of nitrogens with one attached hydrogen (secondary N) is 1. The monoisotopic (exact) mass is 348 g/mol. The van der Waals surface area contributed by atoms with E-state index in [4.69, 9.17) is 21.1 Å². The summed E-state index contributed by atoms with van der Waals surface area (Å²) < 4.78 is 11.1. The molecular formula is C18H19ClNO4-. The van der Waals surface area contributed by atoms with Gasteiger partial charge in [-0.2, -0.15) is 0 Å². The second-order valence-corrected chi connectivity index (χ2v) is 5.40. The van der Waals surface area contributed by atoms with Gasteiger partial charge in [0.2, 0.25) is 0 Å². The number of anilines is 1. The van der Waals surface area contributed by atoms with E-state index >= 15 is 0 Å². The van der Waals surface area contributed by atoms with Gasteiger partial charge in [0, 0.05) is 12.2 Å². The number of ether oxygens (including phenoxy) is 2. The summed E-state index contributed by atoms with van der Waals surface area (Å²) in [7, 11) is 0. The van der Waals surface area contributed by atoms with E-state index in [-0.39, 0.29) is 5.56 Å². The average Bonchev–Trinajstić information content (AvgIpc) is 2.56. The average molecular weight is 349 g/mol. The number of rotatable bonds is 8. The van der Waals surface area contributed by atoms with E-state index in [1.54, 1.807) is 12.1 Å². The van der Waals surface area contributed by atoms with Crippen LogP contribution in [-0.2, 0) is 6.54 Å². The Morgan fingerprint density at radius 1 is 1.12 bits per heavy atom. The fourth-order valence-electron chi connectivity index (χ4n) is 2.20. The van der Waals surface area contributed by atoms with Crippen LogP contribution in [0, 0.1) is 0 Å². The summed E-state index contributed by atoms with van der Waals surface area (Å²) in [5.41, 5.74) is 1.86.